The first-order valence-electron chi connectivity index (χ1n) is 5.64. The summed E-state index contributed by atoms with van der Waals surface area (Å²) in [4.78, 5) is 12.9. The van der Waals surface area contributed by atoms with E-state index in [1.54, 1.807) is 18.2 Å². The van der Waals surface area contributed by atoms with E-state index < -0.39 is 18.6 Å². The summed E-state index contributed by atoms with van der Waals surface area (Å²) in [5, 5.41) is 2.81. The van der Waals surface area contributed by atoms with E-state index in [1.807, 2.05) is 5.32 Å². The van der Waals surface area contributed by atoms with Gasteiger partial charge in [0.2, 0.25) is 5.91 Å². The van der Waals surface area contributed by atoms with Crippen molar-refractivity contribution in [2.24, 2.45) is 0 Å². The van der Waals surface area contributed by atoms with E-state index in [9.17, 15) is 18.0 Å². The van der Waals surface area contributed by atoms with Gasteiger partial charge in [0.05, 0.1) is 23.1 Å². The van der Waals surface area contributed by atoms with Gasteiger partial charge in [0, 0.05) is 13.6 Å². The molecule has 0 atom stereocenters. The first-order valence-corrected chi connectivity index (χ1v) is 6.40. The molecule has 20 heavy (non-hydrogen) atoms. The van der Waals surface area contributed by atoms with E-state index in [0.29, 0.717) is 10.0 Å². The Balaban J connectivity index is 2.47. The van der Waals surface area contributed by atoms with Crippen LogP contribution in [0.1, 0.15) is 5.56 Å². The van der Waals surface area contributed by atoms with Gasteiger partial charge in [0.1, 0.15) is 0 Å². The summed E-state index contributed by atoms with van der Waals surface area (Å²) < 4.78 is 35.8. The third kappa shape index (κ3) is 5.98. The van der Waals surface area contributed by atoms with Gasteiger partial charge in [-0.05, 0) is 17.7 Å². The van der Waals surface area contributed by atoms with Crippen LogP contribution in [0.4, 0.5) is 13.2 Å². The summed E-state index contributed by atoms with van der Waals surface area (Å²) in [6.45, 7) is -1.33. The minimum Gasteiger partial charge on any atom is -0.340 e. The van der Waals surface area contributed by atoms with Crippen molar-refractivity contribution in [2.45, 2.75) is 12.7 Å². The smallest absolute Gasteiger partial charge is 0.340 e. The standard InChI is InChI=1S/C12H13Cl2F3N2O/c1-19(11(20)5-18-7-12(15,16)17)6-8-2-3-9(13)10(14)4-8/h2-4,18H,5-7H2,1H3. The van der Waals surface area contributed by atoms with Gasteiger partial charge in [0.15, 0.2) is 0 Å². The minimum absolute atomic E-state index is 0.240. The molecular formula is C12H13Cl2F3N2O. The summed E-state index contributed by atoms with van der Waals surface area (Å²) in [5.74, 6) is -0.444. The molecule has 112 valence electrons. The second kappa shape index (κ2) is 7.15. The number of carbonyl (C=O) groups excluding carboxylic acids is 1. The van der Waals surface area contributed by atoms with Crippen molar-refractivity contribution in [1.82, 2.24) is 10.2 Å². The van der Waals surface area contributed by atoms with Crippen LogP contribution in [0.5, 0.6) is 0 Å². The lowest BCUT2D eigenvalue weighted by molar-refractivity contribution is -0.133. The van der Waals surface area contributed by atoms with Crippen molar-refractivity contribution >= 4 is 29.1 Å². The third-order valence-electron chi connectivity index (χ3n) is 2.43. The number of nitrogens with zero attached hydrogens (tertiary/aromatic N) is 1. The molecule has 0 spiro atoms. The van der Waals surface area contributed by atoms with Crippen molar-refractivity contribution in [1.29, 1.82) is 0 Å². The van der Waals surface area contributed by atoms with Crippen LogP contribution in [-0.4, -0.2) is 37.1 Å². The molecule has 0 aliphatic heterocycles. The molecule has 0 saturated heterocycles. The van der Waals surface area contributed by atoms with Gasteiger partial charge in [-0.1, -0.05) is 29.3 Å². The summed E-state index contributed by atoms with van der Waals surface area (Å²) in [7, 11) is 1.50. The normalized spacial score (nSPS) is 11.5. The van der Waals surface area contributed by atoms with Gasteiger partial charge in [-0.3, -0.25) is 4.79 Å². The van der Waals surface area contributed by atoms with Crippen LogP contribution >= 0.6 is 23.2 Å². The Morgan fingerprint density at radius 1 is 1.30 bits per heavy atom. The van der Waals surface area contributed by atoms with Crippen molar-refractivity contribution in [3.8, 4) is 0 Å². The summed E-state index contributed by atoms with van der Waals surface area (Å²) in [6, 6.07) is 4.90. The molecule has 0 aliphatic carbocycles. The van der Waals surface area contributed by atoms with Crippen molar-refractivity contribution in [3.05, 3.63) is 33.8 Å². The summed E-state index contributed by atoms with van der Waals surface area (Å²) in [6.07, 6.45) is -4.33. The fourth-order valence-electron chi connectivity index (χ4n) is 1.45. The molecule has 1 rings (SSSR count). The number of carbonyl (C=O) groups is 1. The maximum atomic E-state index is 11.9. The predicted octanol–water partition coefficient (Wildman–Crippen LogP) is 3.10. The lowest BCUT2D eigenvalue weighted by Gasteiger charge is -2.18. The first kappa shape index (κ1) is 17.1. The highest BCUT2D eigenvalue weighted by molar-refractivity contribution is 6.42. The maximum Gasteiger partial charge on any atom is 0.401 e. The van der Waals surface area contributed by atoms with E-state index in [-0.39, 0.29) is 13.1 Å². The number of hydrogen-bond acceptors (Lipinski definition) is 2. The van der Waals surface area contributed by atoms with Gasteiger partial charge in [0.25, 0.3) is 0 Å². The number of amides is 1. The Hall–Kier alpha value is -0.980. The van der Waals surface area contributed by atoms with Gasteiger partial charge in [-0.2, -0.15) is 13.2 Å². The second-order valence-electron chi connectivity index (χ2n) is 4.22. The Kier molecular flexibility index (Phi) is 6.10. The van der Waals surface area contributed by atoms with Crippen molar-refractivity contribution in [2.75, 3.05) is 20.1 Å². The first-order chi connectivity index (χ1) is 9.19. The topological polar surface area (TPSA) is 32.3 Å². The highest BCUT2D eigenvalue weighted by atomic mass is 35.5. The zero-order valence-corrected chi connectivity index (χ0v) is 12.1. The number of nitrogens with one attached hydrogen (secondary N) is 1. The minimum atomic E-state index is -4.33. The Labute approximate surface area is 124 Å². The molecule has 0 fully saturated rings. The lowest BCUT2D eigenvalue weighted by atomic mass is 10.2. The molecule has 1 aromatic rings. The Bertz CT molecular complexity index is 480. The van der Waals surface area contributed by atoms with E-state index in [0.717, 1.165) is 5.56 Å². The summed E-state index contributed by atoms with van der Waals surface area (Å²) in [5.41, 5.74) is 0.742. The second-order valence-corrected chi connectivity index (χ2v) is 5.03. The molecule has 0 bridgehead atoms. The SMILES string of the molecule is CN(Cc1ccc(Cl)c(Cl)c1)C(=O)CNCC(F)(F)F. The number of halogens is 5. The largest absolute Gasteiger partial charge is 0.401 e. The highest BCUT2D eigenvalue weighted by Crippen LogP contribution is 2.23. The molecule has 1 aromatic carbocycles. The lowest BCUT2D eigenvalue weighted by Crippen LogP contribution is -2.38. The molecule has 0 heterocycles. The molecule has 0 unspecified atom stereocenters. The fraction of sp³-hybridized carbons (Fsp3) is 0.417. The number of hydrogen-bond donors (Lipinski definition) is 1. The van der Waals surface area contributed by atoms with Crippen molar-refractivity contribution in [3.63, 3.8) is 0 Å². The van der Waals surface area contributed by atoms with Crippen LogP contribution in [0.15, 0.2) is 18.2 Å². The quantitative estimate of drug-likeness (QED) is 0.900. The van der Waals surface area contributed by atoms with Crippen LogP contribution in [0.3, 0.4) is 0 Å². The van der Waals surface area contributed by atoms with Crippen LogP contribution < -0.4 is 5.32 Å². The molecule has 1 amide bonds. The van der Waals surface area contributed by atoms with E-state index in [4.69, 9.17) is 23.2 Å². The van der Waals surface area contributed by atoms with Crippen LogP contribution in [0.2, 0.25) is 10.0 Å². The molecule has 8 heteroatoms. The zero-order valence-electron chi connectivity index (χ0n) is 10.6. The molecule has 0 saturated carbocycles. The molecule has 0 aliphatic rings. The molecular weight excluding hydrogens is 316 g/mol. The van der Waals surface area contributed by atoms with E-state index in [2.05, 4.69) is 0 Å². The van der Waals surface area contributed by atoms with E-state index in [1.165, 1.54) is 11.9 Å². The van der Waals surface area contributed by atoms with Crippen LogP contribution in [0, 0.1) is 0 Å². The molecule has 0 aromatic heterocycles. The fourth-order valence-corrected chi connectivity index (χ4v) is 1.77. The van der Waals surface area contributed by atoms with Crippen LogP contribution in [-0.2, 0) is 11.3 Å². The molecule has 0 radical (unpaired) electrons. The number of likely N-dealkylation sites (N-methyl/N-ethyl adjacent to an activating group) is 1. The third-order valence-corrected chi connectivity index (χ3v) is 3.17. The Morgan fingerprint density at radius 2 is 1.95 bits per heavy atom. The van der Waals surface area contributed by atoms with Crippen molar-refractivity contribution < 1.29 is 18.0 Å². The van der Waals surface area contributed by atoms with Gasteiger partial charge in [-0.25, -0.2) is 0 Å². The van der Waals surface area contributed by atoms with Gasteiger partial charge < -0.3 is 10.2 Å². The van der Waals surface area contributed by atoms with Gasteiger partial charge >= 0.3 is 6.18 Å². The molecule has 3 nitrogen and oxygen atoms in total. The summed E-state index contributed by atoms with van der Waals surface area (Å²) >= 11 is 11.6. The monoisotopic (exact) mass is 328 g/mol. The number of rotatable bonds is 5. The average Bonchev–Trinajstić information content (AvgIpc) is 2.32. The van der Waals surface area contributed by atoms with E-state index >= 15 is 0 Å². The highest BCUT2D eigenvalue weighted by Gasteiger charge is 2.26. The Morgan fingerprint density at radius 3 is 2.50 bits per heavy atom. The number of benzene rings is 1. The van der Waals surface area contributed by atoms with Gasteiger partial charge in [-0.15, -0.1) is 0 Å². The number of alkyl halides is 3. The predicted molar refractivity (Wildman–Crippen MR) is 71.9 cm³/mol. The average molecular weight is 329 g/mol. The maximum absolute atomic E-state index is 11.9. The zero-order chi connectivity index (χ0) is 15.3. The molecule has 1 N–H and O–H groups in total. The van der Waals surface area contributed by atoms with Crippen LogP contribution in [0.25, 0.3) is 0 Å².